The highest BCUT2D eigenvalue weighted by atomic mass is 19.1. The standard InChI is InChI=1S/C22H33FN4/c1-6-14-26(20(4)12-13-22-10-8-7-9-11-22)17-19(3)25-27(16-18(2)24)21(5)15-23/h7-11,25H,2-6,12-17,24H2,1H3. The van der Waals surface area contributed by atoms with Crippen molar-refractivity contribution in [3.63, 3.8) is 0 Å². The molecule has 0 unspecified atom stereocenters. The molecule has 0 aliphatic rings. The fourth-order valence-electron chi connectivity index (χ4n) is 2.67. The van der Waals surface area contributed by atoms with E-state index in [4.69, 9.17) is 5.73 Å². The highest BCUT2D eigenvalue weighted by Crippen LogP contribution is 2.14. The summed E-state index contributed by atoms with van der Waals surface area (Å²) in [5.74, 6) is 0. The molecule has 1 aromatic carbocycles. The third-order valence-corrected chi connectivity index (χ3v) is 4.06. The van der Waals surface area contributed by atoms with E-state index in [1.54, 1.807) is 5.01 Å². The van der Waals surface area contributed by atoms with E-state index in [0.717, 1.165) is 37.2 Å². The third kappa shape index (κ3) is 8.49. The van der Waals surface area contributed by atoms with Gasteiger partial charge in [0.25, 0.3) is 0 Å². The van der Waals surface area contributed by atoms with Crippen LogP contribution in [0.5, 0.6) is 0 Å². The van der Waals surface area contributed by atoms with Crippen molar-refractivity contribution in [2.45, 2.75) is 26.2 Å². The van der Waals surface area contributed by atoms with Crippen LogP contribution < -0.4 is 11.2 Å². The SMILES string of the molecule is C=C(N)CN(NC(=C)CN(CCC)C(=C)CCc1ccccc1)C(=C)CF. The number of allylic oxidation sites excluding steroid dienone is 2. The second-order valence-electron chi connectivity index (χ2n) is 6.63. The molecule has 27 heavy (non-hydrogen) atoms. The molecule has 0 bridgehead atoms. The molecule has 0 aliphatic heterocycles. The zero-order valence-corrected chi connectivity index (χ0v) is 16.5. The smallest absolute Gasteiger partial charge is 0.130 e. The lowest BCUT2D eigenvalue weighted by Crippen LogP contribution is -2.42. The Morgan fingerprint density at radius 1 is 1.07 bits per heavy atom. The van der Waals surface area contributed by atoms with Gasteiger partial charge in [0.05, 0.1) is 18.8 Å². The maximum atomic E-state index is 13.0. The largest absolute Gasteiger partial charge is 0.401 e. The minimum Gasteiger partial charge on any atom is -0.401 e. The molecule has 4 nitrogen and oxygen atoms in total. The van der Waals surface area contributed by atoms with Crippen LogP contribution in [-0.2, 0) is 6.42 Å². The highest BCUT2D eigenvalue weighted by molar-refractivity contribution is 5.16. The number of rotatable bonds is 14. The van der Waals surface area contributed by atoms with Crippen molar-refractivity contribution in [3.05, 3.63) is 85.0 Å². The van der Waals surface area contributed by atoms with E-state index in [9.17, 15) is 4.39 Å². The van der Waals surface area contributed by atoms with E-state index in [1.165, 1.54) is 5.56 Å². The number of nitrogens with two attached hydrogens (primary N) is 1. The molecule has 148 valence electrons. The van der Waals surface area contributed by atoms with Crippen LogP contribution in [0.15, 0.2) is 79.4 Å². The molecule has 0 aromatic heterocycles. The molecule has 3 N–H and O–H groups in total. The summed E-state index contributed by atoms with van der Waals surface area (Å²) in [7, 11) is 0. The summed E-state index contributed by atoms with van der Waals surface area (Å²) in [5, 5.41) is 1.54. The van der Waals surface area contributed by atoms with Crippen molar-refractivity contribution in [1.82, 2.24) is 15.3 Å². The number of nitrogens with zero attached hydrogens (tertiary/aromatic N) is 2. The van der Waals surface area contributed by atoms with Gasteiger partial charge in [-0.15, -0.1) is 0 Å². The van der Waals surface area contributed by atoms with Crippen molar-refractivity contribution in [2.24, 2.45) is 5.73 Å². The summed E-state index contributed by atoms with van der Waals surface area (Å²) in [4.78, 5) is 2.20. The number of hydrogen-bond donors (Lipinski definition) is 2. The Kier molecular flexibility index (Phi) is 9.80. The third-order valence-electron chi connectivity index (χ3n) is 4.06. The molecular weight excluding hydrogens is 339 g/mol. The minimum atomic E-state index is -0.671. The van der Waals surface area contributed by atoms with Crippen molar-refractivity contribution in [3.8, 4) is 0 Å². The summed E-state index contributed by atoms with van der Waals surface area (Å²) < 4.78 is 13.0. The monoisotopic (exact) mass is 372 g/mol. The first kappa shape index (κ1) is 22.4. The first-order valence-corrected chi connectivity index (χ1v) is 9.23. The number of alkyl halides is 1. The quantitative estimate of drug-likeness (QED) is 0.482. The number of hydrazine groups is 1. The molecule has 0 aliphatic carbocycles. The molecule has 5 heteroatoms. The van der Waals surface area contributed by atoms with Gasteiger partial charge in [-0.25, -0.2) is 4.39 Å². The minimum absolute atomic E-state index is 0.268. The Morgan fingerprint density at radius 3 is 2.30 bits per heavy atom. The molecule has 0 spiro atoms. The lowest BCUT2D eigenvalue weighted by molar-refractivity contribution is 0.254. The Bertz CT molecular complexity index is 639. The van der Waals surface area contributed by atoms with Crippen LogP contribution in [0.2, 0.25) is 0 Å². The highest BCUT2D eigenvalue weighted by Gasteiger charge is 2.13. The lowest BCUT2D eigenvalue weighted by Gasteiger charge is -2.32. The van der Waals surface area contributed by atoms with Crippen molar-refractivity contribution < 1.29 is 4.39 Å². The second kappa shape index (κ2) is 11.8. The van der Waals surface area contributed by atoms with Gasteiger partial charge in [0.1, 0.15) is 6.67 Å². The number of aryl methyl sites for hydroxylation is 1. The average molecular weight is 373 g/mol. The van der Waals surface area contributed by atoms with Gasteiger partial charge < -0.3 is 16.1 Å². The van der Waals surface area contributed by atoms with E-state index >= 15 is 0 Å². The van der Waals surface area contributed by atoms with E-state index in [1.807, 2.05) is 18.2 Å². The summed E-state index contributed by atoms with van der Waals surface area (Å²) in [6.07, 6.45) is 2.81. The molecule has 1 aromatic rings. The zero-order valence-electron chi connectivity index (χ0n) is 16.5. The van der Waals surface area contributed by atoms with Crippen molar-refractivity contribution >= 4 is 0 Å². The summed E-state index contributed by atoms with van der Waals surface area (Å²) in [6.45, 7) is 18.9. The zero-order chi connectivity index (χ0) is 20.2. The average Bonchev–Trinajstić information content (AvgIpc) is 2.65. The van der Waals surface area contributed by atoms with Crippen LogP contribution in [0.4, 0.5) is 4.39 Å². The van der Waals surface area contributed by atoms with Crippen LogP contribution in [0.1, 0.15) is 25.3 Å². The topological polar surface area (TPSA) is 44.5 Å². The van der Waals surface area contributed by atoms with Crippen LogP contribution >= 0.6 is 0 Å². The number of halogens is 1. The predicted molar refractivity (Wildman–Crippen MR) is 113 cm³/mol. The molecule has 0 saturated carbocycles. The van der Waals surface area contributed by atoms with Crippen molar-refractivity contribution in [2.75, 3.05) is 26.3 Å². The van der Waals surface area contributed by atoms with Gasteiger partial charge in [0.2, 0.25) is 0 Å². The predicted octanol–water partition coefficient (Wildman–Crippen LogP) is 4.12. The van der Waals surface area contributed by atoms with Crippen LogP contribution in [-0.4, -0.2) is 36.2 Å². The van der Waals surface area contributed by atoms with Gasteiger partial charge in [-0.05, 0) is 24.8 Å². The van der Waals surface area contributed by atoms with E-state index in [2.05, 4.69) is 55.7 Å². The molecule has 1 rings (SSSR count). The number of nitrogens with one attached hydrogen (secondary N) is 1. The van der Waals surface area contributed by atoms with E-state index in [-0.39, 0.29) is 12.2 Å². The molecule has 0 radical (unpaired) electrons. The fraction of sp³-hybridized carbons (Fsp3) is 0.364. The van der Waals surface area contributed by atoms with Gasteiger partial charge in [-0.2, -0.15) is 0 Å². The van der Waals surface area contributed by atoms with Crippen LogP contribution in [0.3, 0.4) is 0 Å². The van der Waals surface area contributed by atoms with Crippen molar-refractivity contribution in [1.29, 1.82) is 0 Å². The van der Waals surface area contributed by atoms with Crippen LogP contribution in [0.25, 0.3) is 0 Å². The van der Waals surface area contributed by atoms with Gasteiger partial charge in [0.15, 0.2) is 0 Å². The maximum absolute atomic E-state index is 13.0. The van der Waals surface area contributed by atoms with Gasteiger partial charge in [-0.3, -0.25) is 5.01 Å². The van der Waals surface area contributed by atoms with E-state index in [0.29, 0.717) is 12.2 Å². The molecule has 0 saturated heterocycles. The molecule has 0 atom stereocenters. The Balaban J connectivity index is 2.64. The first-order chi connectivity index (χ1) is 12.9. The molecular formula is C22H33FN4. The van der Waals surface area contributed by atoms with Crippen LogP contribution in [0, 0.1) is 0 Å². The first-order valence-electron chi connectivity index (χ1n) is 9.23. The summed E-state index contributed by atoms with van der Waals surface area (Å²) in [6, 6.07) is 10.4. The Hall–Kier alpha value is -2.69. The second-order valence-corrected chi connectivity index (χ2v) is 6.63. The Labute approximate surface area is 163 Å². The van der Waals surface area contributed by atoms with Gasteiger partial charge >= 0.3 is 0 Å². The molecule has 0 fully saturated rings. The fourth-order valence-corrected chi connectivity index (χ4v) is 2.67. The molecule has 0 heterocycles. The Morgan fingerprint density at radius 2 is 1.74 bits per heavy atom. The normalized spacial score (nSPS) is 10.1. The van der Waals surface area contributed by atoms with E-state index < -0.39 is 6.67 Å². The number of hydrogen-bond acceptors (Lipinski definition) is 4. The summed E-state index contributed by atoms with van der Waals surface area (Å²) in [5.41, 5.74) is 12.5. The van der Waals surface area contributed by atoms with Gasteiger partial charge in [-0.1, -0.05) is 63.6 Å². The van der Waals surface area contributed by atoms with Gasteiger partial charge in [0, 0.05) is 23.6 Å². The lowest BCUT2D eigenvalue weighted by atomic mass is 10.1. The maximum Gasteiger partial charge on any atom is 0.130 e. The number of benzene rings is 1. The summed E-state index contributed by atoms with van der Waals surface area (Å²) >= 11 is 0. The molecule has 0 amide bonds.